The lowest BCUT2D eigenvalue weighted by Gasteiger charge is -2.09. The van der Waals surface area contributed by atoms with Crippen LogP contribution in [0.25, 0.3) is 10.1 Å². The summed E-state index contributed by atoms with van der Waals surface area (Å²) in [5, 5.41) is 18.2. The Kier molecular flexibility index (Phi) is 3.96. The van der Waals surface area contributed by atoms with E-state index in [2.05, 4.69) is 10.4 Å². The van der Waals surface area contributed by atoms with Crippen LogP contribution in [0.1, 0.15) is 27.2 Å². The zero-order valence-corrected chi connectivity index (χ0v) is 13.2. The minimum absolute atomic E-state index is 0.168. The Morgan fingerprint density at radius 3 is 2.86 bits per heavy atom. The van der Waals surface area contributed by atoms with Gasteiger partial charge in [-0.2, -0.15) is 5.10 Å². The van der Waals surface area contributed by atoms with E-state index in [1.165, 1.54) is 11.3 Å². The van der Waals surface area contributed by atoms with E-state index < -0.39 is 6.10 Å². The van der Waals surface area contributed by atoms with E-state index in [-0.39, 0.29) is 12.5 Å². The van der Waals surface area contributed by atoms with E-state index in [1.807, 2.05) is 37.3 Å². The number of benzene rings is 1. The average molecular weight is 315 g/mol. The molecule has 0 spiro atoms. The second-order valence-electron chi connectivity index (χ2n) is 5.21. The topological polar surface area (TPSA) is 67.2 Å². The average Bonchev–Trinajstić information content (AvgIpc) is 3.08. The van der Waals surface area contributed by atoms with Crippen LogP contribution in [0.2, 0.25) is 0 Å². The Morgan fingerprint density at radius 2 is 2.18 bits per heavy atom. The van der Waals surface area contributed by atoms with Gasteiger partial charge >= 0.3 is 0 Å². The zero-order chi connectivity index (χ0) is 15.7. The first-order valence-corrected chi connectivity index (χ1v) is 7.81. The van der Waals surface area contributed by atoms with Crippen molar-refractivity contribution in [3.05, 3.63) is 52.7 Å². The van der Waals surface area contributed by atoms with Crippen molar-refractivity contribution in [2.24, 2.45) is 7.05 Å². The van der Waals surface area contributed by atoms with Gasteiger partial charge in [0.1, 0.15) is 11.8 Å². The van der Waals surface area contributed by atoms with Gasteiger partial charge in [-0.1, -0.05) is 18.2 Å². The molecule has 0 fully saturated rings. The maximum atomic E-state index is 12.0. The fourth-order valence-corrected chi connectivity index (χ4v) is 3.27. The van der Waals surface area contributed by atoms with E-state index in [4.69, 9.17) is 0 Å². The third kappa shape index (κ3) is 2.88. The molecule has 1 atom stereocenters. The molecule has 5 nitrogen and oxygen atoms in total. The lowest BCUT2D eigenvalue weighted by Crippen LogP contribution is -2.28. The van der Waals surface area contributed by atoms with Gasteiger partial charge < -0.3 is 10.4 Å². The maximum Gasteiger partial charge on any atom is 0.271 e. The van der Waals surface area contributed by atoms with Crippen molar-refractivity contribution in [2.45, 2.75) is 13.0 Å². The number of rotatable bonds is 4. The molecule has 0 aliphatic heterocycles. The third-order valence-electron chi connectivity index (χ3n) is 3.58. The van der Waals surface area contributed by atoms with Gasteiger partial charge in [0.05, 0.1) is 0 Å². The molecule has 0 radical (unpaired) electrons. The monoisotopic (exact) mass is 315 g/mol. The van der Waals surface area contributed by atoms with Crippen LogP contribution >= 0.6 is 11.3 Å². The molecule has 0 aliphatic rings. The number of aliphatic hydroxyl groups excluding tert-OH is 1. The molecule has 1 unspecified atom stereocenters. The molecule has 2 heterocycles. The van der Waals surface area contributed by atoms with Gasteiger partial charge in [-0.25, -0.2) is 0 Å². The zero-order valence-electron chi connectivity index (χ0n) is 12.4. The number of nitrogens with one attached hydrogen (secondary N) is 1. The van der Waals surface area contributed by atoms with Gasteiger partial charge in [-0.05, 0) is 30.5 Å². The number of aromatic nitrogens is 2. The van der Waals surface area contributed by atoms with Gasteiger partial charge in [0, 0.05) is 28.9 Å². The van der Waals surface area contributed by atoms with E-state index in [0.717, 1.165) is 20.7 Å². The molecule has 0 saturated heterocycles. The van der Waals surface area contributed by atoms with Crippen molar-refractivity contribution in [1.82, 2.24) is 15.1 Å². The summed E-state index contributed by atoms with van der Waals surface area (Å²) in [5.41, 5.74) is 1.28. The maximum absolute atomic E-state index is 12.0. The van der Waals surface area contributed by atoms with Gasteiger partial charge in [-0.3, -0.25) is 9.48 Å². The number of amides is 1. The molecule has 0 aliphatic carbocycles. The highest BCUT2D eigenvalue weighted by molar-refractivity contribution is 7.19. The van der Waals surface area contributed by atoms with Gasteiger partial charge in [0.15, 0.2) is 0 Å². The molecule has 114 valence electrons. The van der Waals surface area contributed by atoms with Crippen LogP contribution in [0.3, 0.4) is 0 Å². The summed E-state index contributed by atoms with van der Waals surface area (Å²) in [4.78, 5) is 12.9. The van der Waals surface area contributed by atoms with Crippen LogP contribution in [0.15, 0.2) is 36.4 Å². The molecule has 0 saturated carbocycles. The normalized spacial score (nSPS) is 12.5. The van der Waals surface area contributed by atoms with E-state index >= 15 is 0 Å². The number of carbonyl (C=O) groups is 1. The van der Waals surface area contributed by atoms with Crippen LogP contribution in [0.5, 0.6) is 0 Å². The Balaban J connectivity index is 1.66. The summed E-state index contributed by atoms with van der Waals surface area (Å²) in [5.74, 6) is -0.274. The lowest BCUT2D eigenvalue weighted by molar-refractivity contribution is 0.0912. The molecule has 2 N–H and O–H groups in total. The van der Waals surface area contributed by atoms with Crippen molar-refractivity contribution >= 4 is 27.3 Å². The minimum Gasteiger partial charge on any atom is -0.386 e. The second-order valence-corrected chi connectivity index (χ2v) is 6.32. The number of thiophene rings is 1. The van der Waals surface area contributed by atoms with E-state index in [0.29, 0.717) is 5.69 Å². The van der Waals surface area contributed by atoms with Crippen LogP contribution in [-0.4, -0.2) is 27.3 Å². The van der Waals surface area contributed by atoms with Crippen molar-refractivity contribution in [2.75, 3.05) is 6.54 Å². The largest absolute Gasteiger partial charge is 0.386 e. The fourth-order valence-electron chi connectivity index (χ4n) is 2.22. The highest BCUT2D eigenvalue weighted by Crippen LogP contribution is 2.29. The first-order valence-electron chi connectivity index (χ1n) is 7.00. The first-order chi connectivity index (χ1) is 10.5. The molecule has 2 aromatic heterocycles. The molecule has 1 aromatic carbocycles. The molecule has 0 bridgehead atoms. The first kappa shape index (κ1) is 14.7. The second kappa shape index (κ2) is 5.90. The number of hydrogen-bond donors (Lipinski definition) is 2. The van der Waals surface area contributed by atoms with Crippen molar-refractivity contribution in [3.8, 4) is 0 Å². The number of fused-ring (bicyclic) bond motifs is 1. The van der Waals surface area contributed by atoms with Crippen LogP contribution in [0, 0.1) is 6.92 Å². The molecule has 6 heteroatoms. The third-order valence-corrected chi connectivity index (χ3v) is 4.79. The van der Waals surface area contributed by atoms with Gasteiger partial charge in [0.25, 0.3) is 5.91 Å². The quantitative estimate of drug-likeness (QED) is 0.777. The number of carbonyl (C=O) groups excluding carboxylic acids is 1. The molecule has 22 heavy (non-hydrogen) atoms. The van der Waals surface area contributed by atoms with Gasteiger partial charge in [-0.15, -0.1) is 11.3 Å². The SMILES string of the molecule is Cc1cc(C(=O)NCC(O)c2cc3ccccc3s2)nn1C. The van der Waals surface area contributed by atoms with Crippen LogP contribution in [0.4, 0.5) is 0 Å². The van der Waals surface area contributed by atoms with Crippen molar-refractivity contribution < 1.29 is 9.90 Å². The van der Waals surface area contributed by atoms with E-state index in [1.54, 1.807) is 17.8 Å². The fraction of sp³-hybridized carbons (Fsp3) is 0.250. The predicted octanol–water partition coefficient (Wildman–Crippen LogP) is 2.41. The Labute approximate surface area is 132 Å². The van der Waals surface area contributed by atoms with Crippen LogP contribution < -0.4 is 5.32 Å². The molecular formula is C16H17N3O2S. The number of hydrogen-bond acceptors (Lipinski definition) is 4. The van der Waals surface area contributed by atoms with Crippen molar-refractivity contribution in [1.29, 1.82) is 0 Å². The van der Waals surface area contributed by atoms with E-state index in [9.17, 15) is 9.90 Å². The summed E-state index contributed by atoms with van der Waals surface area (Å²) >= 11 is 1.54. The summed E-state index contributed by atoms with van der Waals surface area (Å²) in [6.07, 6.45) is -0.717. The highest BCUT2D eigenvalue weighted by atomic mass is 32.1. The summed E-state index contributed by atoms with van der Waals surface area (Å²) in [6.45, 7) is 2.05. The number of aryl methyl sites for hydroxylation is 2. The highest BCUT2D eigenvalue weighted by Gasteiger charge is 2.15. The minimum atomic E-state index is -0.717. The molecule has 3 rings (SSSR count). The lowest BCUT2D eigenvalue weighted by atomic mass is 10.2. The molecule has 1 amide bonds. The summed E-state index contributed by atoms with van der Waals surface area (Å²) in [6, 6.07) is 11.7. The number of aliphatic hydroxyl groups is 1. The number of nitrogens with zero attached hydrogens (tertiary/aromatic N) is 2. The Morgan fingerprint density at radius 1 is 1.41 bits per heavy atom. The van der Waals surface area contributed by atoms with Gasteiger partial charge in [0.2, 0.25) is 0 Å². The smallest absolute Gasteiger partial charge is 0.271 e. The Bertz CT molecular complexity index is 769. The molecule has 3 aromatic rings. The van der Waals surface area contributed by atoms with Crippen LogP contribution in [-0.2, 0) is 7.05 Å². The standard InChI is InChI=1S/C16H17N3O2S/c1-10-7-12(18-19(10)2)16(21)17-9-13(20)15-8-11-5-3-4-6-14(11)22-15/h3-8,13,20H,9H2,1-2H3,(H,17,21). The predicted molar refractivity (Wildman–Crippen MR) is 87.1 cm³/mol. The summed E-state index contributed by atoms with van der Waals surface area (Å²) in [7, 11) is 1.79. The molecular weight excluding hydrogens is 298 g/mol. The Hall–Kier alpha value is -2.18. The van der Waals surface area contributed by atoms with Crippen molar-refractivity contribution in [3.63, 3.8) is 0 Å². The summed E-state index contributed by atoms with van der Waals surface area (Å²) < 4.78 is 2.78.